The van der Waals surface area contributed by atoms with Crippen molar-refractivity contribution in [1.29, 1.82) is 0 Å². The van der Waals surface area contributed by atoms with E-state index >= 15 is 0 Å². The van der Waals surface area contributed by atoms with Gasteiger partial charge in [-0.05, 0) is 68.4 Å². The molecule has 1 aliphatic rings. The molecule has 1 heterocycles. The molecule has 1 saturated heterocycles. The molecule has 0 spiro atoms. The first kappa shape index (κ1) is 28.1. The highest BCUT2D eigenvalue weighted by molar-refractivity contribution is 5.90. The largest absolute Gasteiger partial charge is 0.416 e. The molecule has 0 unspecified atom stereocenters. The number of urea groups is 2. The monoisotopic (exact) mass is 531 g/mol. The van der Waals surface area contributed by atoms with Crippen LogP contribution in [0.2, 0.25) is 0 Å². The topological polar surface area (TPSA) is 76.7 Å². The molecule has 0 saturated carbocycles. The Bertz CT molecular complexity index is 1050. The summed E-state index contributed by atoms with van der Waals surface area (Å²) >= 11 is 0. The minimum atomic E-state index is -4.55. The lowest BCUT2D eigenvalue weighted by atomic mass is 10.2. The van der Waals surface area contributed by atoms with Crippen molar-refractivity contribution in [3.05, 3.63) is 59.7 Å². The molecule has 0 atom stereocenters. The molecule has 2 aromatic rings. The second-order valence-electron chi connectivity index (χ2n) is 8.50. The third kappa shape index (κ3) is 8.85. The number of carbonyl (C=O) groups is 2. The maximum Gasteiger partial charge on any atom is 0.416 e. The van der Waals surface area contributed by atoms with E-state index in [1.54, 1.807) is 0 Å². The van der Waals surface area contributed by atoms with Gasteiger partial charge >= 0.3 is 24.4 Å². The predicted molar refractivity (Wildman–Crippen MR) is 126 cm³/mol. The fourth-order valence-corrected chi connectivity index (χ4v) is 3.78. The summed E-state index contributed by atoms with van der Waals surface area (Å²) in [5.41, 5.74) is -1.61. The predicted octanol–water partition coefficient (Wildman–Crippen LogP) is 5.48. The molecule has 4 amide bonds. The summed E-state index contributed by atoms with van der Waals surface area (Å²) in [6, 6.07) is 6.91. The van der Waals surface area contributed by atoms with Crippen LogP contribution in [0, 0.1) is 0 Å². The van der Waals surface area contributed by atoms with Gasteiger partial charge in [-0.1, -0.05) is 6.07 Å². The average molecular weight is 532 g/mol. The number of halogens is 6. The second-order valence-corrected chi connectivity index (χ2v) is 8.50. The number of alkyl halides is 6. The number of nitrogens with one attached hydrogen (secondary N) is 3. The van der Waals surface area contributed by atoms with E-state index in [-0.39, 0.29) is 24.5 Å². The van der Waals surface area contributed by atoms with E-state index < -0.39 is 35.5 Å². The summed E-state index contributed by atoms with van der Waals surface area (Å²) in [5.74, 6) is 0. The summed E-state index contributed by atoms with van der Waals surface area (Å²) in [5, 5.41) is 7.38. The molecule has 0 aromatic heterocycles. The van der Waals surface area contributed by atoms with E-state index in [0.717, 1.165) is 62.3 Å². The van der Waals surface area contributed by atoms with Crippen molar-refractivity contribution < 1.29 is 35.9 Å². The molecule has 2 aromatic carbocycles. The zero-order valence-corrected chi connectivity index (χ0v) is 19.8. The van der Waals surface area contributed by atoms with Crippen LogP contribution in [-0.2, 0) is 12.4 Å². The van der Waals surface area contributed by atoms with Gasteiger partial charge in [-0.3, -0.25) is 0 Å². The van der Waals surface area contributed by atoms with E-state index in [1.165, 1.54) is 17.0 Å². The summed E-state index contributed by atoms with van der Waals surface area (Å²) in [6.45, 7) is 2.74. The normalized spacial score (nSPS) is 14.3. The van der Waals surface area contributed by atoms with Gasteiger partial charge in [0.2, 0.25) is 0 Å². The van der Waals surface area contributed by atoms with Gasteiger partial charge in [0.1, 0.15) is 0 Å². The number of anilines is 2. The highest BCUT2D eigenvalue weighted by atomic mass is 19.4. The van der Waals surface area contributed by atoms with Crippen LogP contribution in [0.15, 0.2) is 48.5 Å². The number of hydrogen-bond donors (Lipinski definition) is 3. The van der Waals surface area contributed by atoms with Crippen LogP contribution >= 0.6 is 0 Å². The Labute approximate surface area is 209 Å². The Morgan fingerprint density at radius 3 is 2.08 bits per heavy atom. The molecular formula is C24H27F6N5O2. The number of rotatable bonds is 8. The van der Waals surface area contributed by atoms with E-state index in [2.05, 4.69) is 20.9 Å². The van der Waals surface area contributed by atoms with Gasteiger partial charge in [0.15, 0.2) is 0 Å². The van der Waals surface area contributed by atoms with E-state index in [4.69, 9.17) is 0 Å². The Morgan fingerprint density at radius 2 is 1.46 bits per heavy atom. The number of hydrogen-bond acceptors (Lipinski definition) is 3. The molecule has 0 aliphatic carbocycles. The number of nitrogens with zero attached hydrogens (tertiary/aromatic N) is 2. The van der Waals surface area contributed by atoms with Gasteiger partial charge < -0.3 is 25.8 Å². The highest BCUT2D eigenvalue weighted by Crippen LogP contribution is 2.31. The SMILES string of the molecule is O=C(NCCN(CCN1CCCC1)C(=O)Nc1ccc(C(F)(F)F)cc1)Nc1cccc(C(F)(F)F)c1. The molecule has 7 nitrogen and oxygen atoms in total. The summed E-state index contributed by atoms with van der Waals surface area (Å²) in [4.78, 5) is 28.6. The van der Waals surface area contributed by atoms with Gasteiger partial charge in [-0.25, -0.2) is 9.59 Å². The number of benzene rings is 2. The van der Waals surface area contributed by atoms with Crippen molar-refractivity contribution in [3.8, 4) is 0 Å². The average Bonchev–Trinajstić information content (AvgIpc) is 3.34. The molecule has 37 heavy (non-hydrogen) atoms. The minimum Gasteiger partial charge on any atom is -0.336 e. The van der Waals surface area contributed by atoms with Crippen LogP contribution in [0.1, 0.15) is 24.0 Å². The Morgan fingerprint density at radius 1 is 0.811 bits per heavy atom. The van der Waals surface area contributed by atoms with Crippen LogP contribution in [0.3, 0.4) is 0 Å². The fourth-order valence-electron chi connectivity index (χ4n) is 3.78. The van der Waals surface area contributed by atoms with Gasteiger partial charge in [0.05, 0.1) is 11.1 Å². The molecule has 0 radical (unpaired) electrons. The molecule has 202 valence electrons. The lowest BCUT2D eigenvalue weighted by Crippen LogP contribution is -2.44. The molecule has 3 N–H and O–H groups in total. The number of carbonyl (C=O) groups excluding carboxylic acids is 2. The van der Waals surface area contributed by atoms with Crippen molar-refractivity contribution in [2.45, 2.75) is 25.2 Å². The smallest absolute Gasteiger partial charge is 0.336 e. The van der Waals surface area contributed by atoms with E-state index in [1.807, 2.05) is 0 Å². The zero-order valence-electron chi connectivity index (χ0n) is 19.8. The first-order valence-electron chi connectivity index (χ1n) is 11.6. The maximum absolute atomic E-state index is 12.9. The first-order valence-corrected chi connectivity index (χ1v) is 11.6. The Hall–Kier alpha value is -3.48. The second kappa shape index (κ2) is 12.2. The Balaban J connectivity index is 1.56. The van der Waals surface area contributed by atoms with Gasteiger partial charge in [0, 0.05) is 37.6 Å². The summed E-state index contributed by atoms with van der Waals surface area (Å²) < 4.78 is 76.9. The van der Waals surface area contributed by atoms with E-state index in [0.29, 0.717) is 13.1 Å². The van der Waals surface area contributed by atoms with Crippen LogP contribution in [0.4, 0.5) is 47.3 Å². The summed E-state index contributed by atoms with van der Waals surface area (Å²) in [7, 11) is 0. The molecule has 13 heteroatoms. The van der Waals surface area contributed by atoms with Gasteiger partial charge in [0.25, 0.3) is 0 Å². The van der Waals surface area contributed by atoms with Crippen LogP contribution in [-0.4, -0.2) is 61.1 Å². The third-order valence-corrected chi connectivity index (χ3v) is 5.75. The third-order valence-electron chi connectivity index (χ3n) is 5.75. The van der Waals surface area contributed by atoms with Gasteiger partial charge in [-0.15, -0.1) is 0 Å². The van der Waals surface area contributed by atoms with Crippen molar-refractivity contribution in [1.82, 2.24) is 15.1 Å². The first-order chi connectivity index (χ1) is 17.4. The standard InChI is InChI=1S/C24H27F6N5O2/c25-23(26,27)17-6-8-19(9-7-17)33-22(37)35(15-14-34-11-1-2-12-34)13-10-31-21(36)32-20-5-3-4-18(16-20)24(28,29)30/h3-9,16H,1-2,10-15H2,(H,33,37)(H2,31,32,36). The summed E-state index contributed by atoms with van der Waals surface area (Å²) in [6.07, 6.45) is -6.95. The Kier molecular flexibility index (Phi) is 9.24. The van der Waals surface area contributed by atoms with Crippen molar-refractivity contribution >= 4 is 23.4 Å². The molecular weight excluding hydrogens is 504 g/mol. The van der Waals surface area contributed by atoms with Crippen LogP contribution < -0.4 is 16.0 Å². The van der Waals surface area contributed by atoms with E-state index in [9.17, 15) is 35.9 Å². The minimum absolute atomic E-state index is 0.00870. The molecule has 0 bridgehead atoms. The van der Waals surface area contributed by atoms with Crippen LogP contribution in [0.5, 0.6) is 0 Å². The quantitative estimate of drug-likeness (QED) is 0.395. The lowest BCUT2D eigenvalue weighted by Gasteiger charge is -2.26. The van der Waals surface area contributed by atoms with Crippen molar-refractivity contribution in [2.24, 2.45) is 0 Å². The van der Waals surface area contributed by atoms with Gasteiger partial charge in [-0.2, -0.15) is 26.3 Å². The number of amides is 4. The fraction of sp³-hybridized carbons (Fsp3) is 0.417. The van der Waals surface area contributed by atoms with Crippen molar-refractivity contribution in [2.75, 3.05) is 49.9 Å². The molecule has 3 rings (SSSR count). The zero-order chi connectivity index (χ0) is 27.1. The molecule has 1 aliphatic heterocycles. The lowest BCUT2D eigenvalue weighted by molar-refractivity contribution is -0.138. The highest BCUT2D eigenvalue weighted by Gasteiger charge is 2.31. The van der Waals surface area contributed by atoms with Crippen molar-refractivity contribution in [3.63, 3.8) is 0 Å². The van der Waals surface area contributed by atoms with Crippen LogP contribution in [0.25, 0.3) is 0 Å². The maximum atomic E-state index is 12.9. The number of likely N-dealkylation sites (tertiary alicyclic amines) is 1. The molecule has 1 fully saturated rings.